The molecule has 2 heterocycles. The van der Waals surface area contributed by atoms with Crippen LogP contribution in [0, 0.1) is 0 Å². The van der Waals surface area contributed by atoms with Crippen LogP contribution in [-0.2, 0) is 9.53 Å². The molecule has 0 spiro atoms. The number of carbonyl (C=O) groups is 1. The van der Waals surface area contributed by atoms with Crippen molar-refractivity contribution in [3.63, 3.8) is 0 Å². The SMILES string of the molecule is COC(=O)C=CN1CC2CCCN2CC1C. The topological polar surface area (TPSA) is 32.8 Å². The van der Waals surface area contributed by atoms with Crippen LogP contribution in [-0.4, -0.2) is 54.6 Å². The van der Waals surface area contributed by atoms with Gasteiger partial charge in [-0.2, -0.15) is 0 Å². The third kappa shape index (κ3) is 2.38. The zero-order valence-corrected chi connectivity index (χ0v) is 10.1. The van der Waals surface area contributed by atoms with Crippen LogP contribution in [0.15, 0.2) is 12.3 Å². The Morgan fingerprint density at radius 3 is 3.00 bits per heavy atom. The minimum atomic E-state index is -0.277. The average Bonchev–Trinajstić information content (AvgIpc) is 2.72. The number of ether oxygens (including phenoxy) is 1. The van der Waals surface area contributed by atoms with Crippen molar-refractivity contribution in [2.24, 2.45) is 0 Å². The molecule has 2 atom stereocenters. The molecule has 2 unspecified atom stereocenters. The molecule has 4 nitrogen and oxygen atoms in total. The van der Waals surface area contributed by atoms with E-state index in [-0.39, 0.29) is 5.97 Å². The van der Waals surface area contributed by atoms with Gasteiger partial charge < -0.3 is 9.64 Å². The second-order valence-electron chi connectivity index (χ2n) is 4.68. The molecule has 0 aromatic heterocycles. The Kier molecular flexibility index (Phi) is 3.49. The van der Waals surface area contributed by atoms with Crippen molar-refractivity contribution in [1.29, 1.82) is 0 Å². The Labute approximate surface area is 96.8 Å². The average molecular weight is 224 g/mol. The van der Waals surface area contributed by atoms with E-state index in [0.717, 1.165) is 13.1 Å². The number of fused-ring (bicyclic) bond motifs is 1. The number of esters is 1. The van der Waals surface area contributed by atoms with Crippen LogP contribution in [0.3, 0.4) is 0 Å². The van der Waals surface area contributed by atoms with E-state index in [1.165, 1.54) is 32.6 Å². The van der Waals surface area contributed by atoms with Crippen LogP contribution in [0.25, 0.3) is 0 Å². The van der Waals surface area contributed by atoms with Crippen LogP contribution in [0.1, 0.15) is 19.8 Å². The first-order valence-electron chi connectivity index (χ1n) is 5.96. The standard InChI is InChI=1S/C12H20N2O2/c1-10-8-14-6-3-4-11(14)9-13(10)7-5-12(15)16-2/h5,7,10-11H,3-4,6,8-9H2,1-2H3. The van der Waals surface area contributed by atoms with Gasteiger partial charge in [-0.15, -0.1) is 0 Å². The smallest absolute Gasteiger partial charge is 0.331 e. The van der Waals surface area contributed by atoms with Gasteiger partial charge in [-0.1, -0.05) is 0 Å². The first-order chi connectivity index (χ1) is 7.70. The summed E-state index contributed by atoms with van der Waals surface area (Å²) in [6.45, 7) is 5.59. The van der Waals surface area contributed by atoms with Crippen molar-refractivity contribution in [3.8, 4) is 0 Å². The molecule has 0 bridgehead atoms. The van der Waals surface area contributed by atoms with E-state index in [0.29, 0.717) is 12.1 Å². The Morgan fingerprint density at radius 2 is 2.25 bits per heavy atom. The van der Waals surface area contributed by atoms with Crippen LogP contribution in [0.5, 0.6) is 0 Å². The minimum absolute atomic E-state index is 0.277. The number of methoxy groups -OCH3 is 1. The molecule has 4 heteroatoms. The third-order valence-corrected chi connectivity index (χ3v) is 3.59. The second-order valence-corrected chi connectivity index (χ2v) is 4.68. The Bertz CT molecular complexity index is 291. The van der Waals surface area contributed by atoms with Crippen molar-refractivity contribution >= 4 is 5.97 Å². The van der Waals surface area contributed by atoms with Crippen LogP contribution < -0.4 is 0 Å². The molecular weight excluding hydrogens is 204 g/mol. The molecule has 0 N–H and O–H groups in total. The summed E-state index contributed by atoms with van der Waals surface area (Å²) >= 11 is 0. The maximum atomic E-state index is 11.0. The van der Waals surface area contributed by atoms with Crippen molar-refractivity contribution in [2.45, 2.75) is 31.8 Å². The Balaban J connectivity index is 1.94. The highest BCUT2D eigenvalue weighted by atomic mass is 16.5. The first kappa shape index (κ1) is 11.5. The number of carbonyl (C=O) groups excluding carboxylic acids is 1. The van der Waals surface area contributed by atoms with Crippen LogP contribution in [0.2, 0.25) is 0 Å². The molecule has 0 radical (unpaired) electrons. The highest BCUT2D eigenvalue weighted by Gasteiger charge is 2.32. The van der Waals surface area contributed by atoms with E-state index in [1.54, 1.807) is 0 Å². The predicted octanol–water partition coefficient (Wildman–Crippen LogP) is 0.842. The molecule has 16 heavy (non-hydrogen) atoms. The van der Waals surface area contributed by atoms with Crippen LogP contribution >= 0.6 is 0 Å². The van der Waals surface area contributed by atoms with E-state index in [2.05, 4.69) is 21.5 Å². The van der Waals surface area contributed by atoms with Crippen molar-refractivity contribution in [2.75, 3.05) is 26.7 Å². The molecule has 2 saturated heterocycles. The lowest BCUT2D eigenvalue weighted by Crippen LogP contribution is -2.52. The molecule has 2 aliphatic heterocycles. The minimum Gasteiger partial charge on any atom is -0.466 e. The number of hydrogen-bond acceptors (Lipinski definition) is 4. The lowest BCUT2D eigenvalue weighted by molar-refractivity contribution is -0.134. The quantitative estimate of drug-likeness (QED) is 0.514. The normalized spacial score (nSPS) is 30.8. The molecule has 0 aliphatic carbocycles. The fraction of sp³-hybridized carbons (Fsp3) is 0.750. The van der Waals surface area contributed by atoms with E-state index in [9.17, 15) is 4.79 Å². The Hall–Kier alpha value is -1.03. The first-order valence-corrected chi connectivity index (χ1v) is 5.96. The molecule has 0 aromatic carbocycles. The summed E-state index contributed by atoms with van der Waals surface area (Å²) in [5, 5.41) is 0. The summed E-state index contributed by atoms with van der Waals surface area (Å²) in [5.74, 6) is -0.277. The van der Waals surface area contributed by atoms with Crippen molar-refractivity contribution in [1.82, 2.24) is 9.80 Å². The molecule has 2 rings (SSSR count). The highest BCUT2D eigenvalue weighted by Crippen LogP contribution is 2.24. The lowest BCUT2D eigenvalue weighted by Gasteiger charge is -2.41. The summed E-state index contributed by atoms with van der Waals surface area (Å²) in [5.41, 5.74) is 0. The molecule has 0 aromatic rings. The summed E-state index contributed by atoms with van der Waals surface area (Å²) in [4.78, 5) is 15.9. The molecule has 0 amide bonds. The summed E-state index contributed by atoms with van der Waals surface area (Å²) in [7, 11) is 1.41. The summed E-state index contributed by atoms with van der Waals surface area (Å²) in [6.07, 6.45) is 5.99. The summed E-state index contributed by atoms with van der Waals surface area (Å²) < 4.78 is 4.60. The fourth-order valence-corrected chi connectivity index (χ4v) is 2.64. The van der Waals surface area contributed by atoms with Gasteiger partial charge in [0.25, 0.3) is 0 Å². The molecular formula is C12H20N2O2. The van der Waals surface area contributed by atoms with Crippen molar-refractivity contribution < 1.29 is 9.53 Å². The fourth-order valence-electron chi connectivity index (χ4n) is 2.64. The van der Waals surface area contributed by atoms with Gasteiger partial charge in [0, 0.05) is 37.4 Å². The van der Waals surface area contributed by atoms with E-state index < -0.39 is 0 Å². The number of hydrogen-bond donors (Lipinski definition) is 0. The van der Waals surface area contributed by atoms with Gasteiger partial charge in [0.2, 0.25) is 0 Å². The zero-order valence-electron chi connectivity index (χ0n) is 10.1. The molecule has 2 aliphatic rings. The van der Waals surface area contributed by atoms with E-state index >= 15 is 0 Å². The maximum absolute atomic E-state index is 11.0. The monoisotopic (exact) mass is 224 g/mol. The second kappa shape index (κ2) is 4.87. The van der Waals surface area contributed by atoms with E-state index in [4.69, 9.17) is 0 Å². The maximum Gasteiger partial charge on any atom is 0.331 e. The van der Waals surface area contributed by atoms with Crippen molar-refractivity contribution in [3.05, 3.63) is 12.3 Å². The van der Waals surface area contributed by atoms with Gasteiger partial charge in [0.05, 0.1) is 7.11 Å². The van der Waals surface area contributed by atoms with Gasteiger partial charge in [-0.25, -0.2) is 4.79 Å². The number of piperazine rings is 1. The highest BCUT2D eigenvalue weighted by molar-refractivity contribution is 5.81. The largest absolute Gasteiger partial charge is 0.466 e. The Morgan fingerprint density at radius 1 is 1.44 bits per heavy atom. The third-order valence-electron chi connectivity index (χ3n) is 3.59. The predicted molar refractivity (Wildman–Crippen MR) is 61.9 cm³/mol. The molecule has 2 fully saturated rings. The lowest BCUT2D eigenvalue weighted by atomic mass is 10.1. The van der Waals surface area contributed by atoms with E-state index in [1.807, 2.05) is 6.20 Å². The number of rotatable bonds is 2. The van der Waals surface area contributed by atoms with Crippen LogP contribution in [0.4, 0.5) is 0 Å². The zero-order chi connectivity index (χ0) is 11.5. The molecule has 0 saturated carbocycles. The molecule has 90 valence electrons. The van der Waals surface area contributed by atoms with Gasteiger partial charge in [0.1, 0.15) is 0 Å². The summed E-state index contributed by atoms with van der Waals surface area (Å²) in [6, 6.07) is 1.16. The number of nitrogens with zero attached hydrogens (tertiary/aromatic N) is 2. The van der Waals surface area contributed by atoms with Gasteiger partial charge in [-0.05, 0) is 26.3 Å². The van der Waals surface area contributed by atoms with Gasteiger partial charge in [-0.3, -0.25) is 4.90 Å². The van der Waals surface area contributed by atoms with Gasteiger partial charge >= 0.3 is 5.97 Å². The van der Waals surface area contributed by atoms with Gasteiger partial charge in [0.15, 0.2) is 0 Å².